The Hall–Kier alpha value is -0.720. The van der Waals surface area contributed by atoms with Crippen LogP contribution in [0, 0.1) is 11.8 Å². The van der Waals surface area contributed by atoms with E-state index in [0.29, 0.717) is 11.8 Å². The van der Waals surface area contributed by atoms with Crippen molar-refractivity contribution in [2.75, 3.05) is 0 Å². The van der Waals surface area contributed by atoms with E-state index >= 15 is 0 Å². The molecule has 0 fully saturated rings. The molecule has 0 bridgehead atoms. The second kappa shape index (κ2) is 5.02. The molecule has 0 amide bonds. The lowest BCUT2D eigenvalue weighted by Gasteiger charge is -2.17. The van der Waals surface area contributed by atoms with Gasteiger partial charge in [0, 0.05) is 5.70 Å². The fourth-order valence-electron chi connectivity index (χ4n) is 1.07. The van der Waals surface area contributed by atoms with E-state index in [-0.39, 0.29) is 0 Å². The second-order valence-electron chi connectivity index (χ2n) is 3.67. The van der Waals surface area contributed by atoms with Crippen LogP contribution >= 0.6 is 0 Å². The predicted octanol–water partition coefficient (Wildman–Crippen LogP) is 3.09. The third kappa shape index (κ3) is 3.12. The Balaban J connectivity index is 4.53. The molecule has 0 aromatic heterocycles. The summed E-state index contributed by atoms with van der Waals surface area (Å²) in [6.45, 7) is 10.8. The van der Waals surface area contributed by atoms with Crippen molar-refractivity contribution in [3.8, 4) is 0 Å². The van der Waals surface area contributed by atoms with E-state index in [1.54, 1.807) is 0 Å². The van der Waals surface area contributed by atoms with E-state index < -0.39 is 0 Å². The summed E-state index contributed by atoms with van der Waals surface area (Å²) < 4.78 is 0. The first kappa shape index (κ1) is 11.3. The van der Waals surface area contributed by atoms with Crippen molar-refractivity contribution < 1.29 is 0 Å². The van der Waals surface area contributed by atoms with Gasteiger partial charge in [0.2, 0.25) is 0 Å². The average molecular weight is 167 g/mol. The molecule has 0 unspecified atom stereocenters. The summed E-state index contributed by atoms with van der Waals surface area (Å²) in [5.74, 6) is 1.23. The molecular formula is C11H21N. The number of hydrogen-bond acceptors (Lipinski definition) is 1. The zero-order chi connectivity index (χ0) is 9.72. The summed E-state index contributed by atoms with van der Waals surface area (Å²) in [7, 11) is 0. The molecule has 0 heterocycles. The Morgan fingerprint density at radius 2 is 1.75 bits per heavy atom. The number of nitrogens with two attached hydrogens (primary N) is 1. The van der Waals surface area contributed by atoms with E-state index in [2.05, 4.69) is 27.7 Å². The molecule has 70 valence electrons. The van der Waals surface area contributed by atoms with Gasteiger partial charge >= 0.3 is 0 Å². The van der Waals surface area contributed by atoms with Gasteiger partial charge in [-0.05, 0) is 37.3 Å². The van der Waals surface area contributed by atoms with Crippen molar-refractivity contribution in [1.82, 2.24) is 0 Å². The molecule has 0 aliphatic heterocycles. The molecule has 2 N–H and O–H groups in total. The molecule has 1 atom stereocenters. The van der Waals surface area contributed by atoms with Crippen molar-refractivity contribution in [3.63, 3.8) is 0 Å². The smallest absolute Gasteiger partial charge is 0.0302 e. The van der Waals surface area contributed by atoms with E-state index in [1.165, 1.54) is 5.57 Å². The Kier molecular flexibility index (Phi) is 4.72. The maximum atomic E-state index is 5.86. The minimum Gasteiger partial charge on any atom is -0.399 e. The highest BCUT2D eigenvalue weighted by Crippen LogP contribution is 2.20. The molecule has 0 radical (unpaired) electrons. The Bertz CT molecular complexity index is 187. The molecule has 0 aromatic rings. The van der Waals surface area contributed by atoms with Crippen LogP contribution in [0.15, 0.2) is 23.4 Å². The second-order valence-corrected chi connectivity index (χ2v) is 3.67. The fraction of sp³-hybridized carbons (Fsp3) is 0.636. The predicted molar refractivity (Wildman–Crippen MR) is 55.7 cm³/mol. The quantitative estimate of drug-likeness (QED) is 0.642. The first-order valence-electron chi connectivity index (χ1n) is 4.59. The number of rotatable bonds is 3. The lowest BCUT2D eigenvalue weighted by Crippen LogP contribution is -2.10. The van der Waals surface area contributed by atoms with Crippen molar-refractivity contribution in [3.05, 3.63) is 23.4 Å². The molecule has 0 spiro atoms. The molecular weight excluding hydrogens is 146 g/mol. The normalized spacial score (nSPS) is 16.8. The van der Waals surface area contributed by atoms with Gasteiger partial charge in [0.15, 0.2) is 0 Å². The number of hydrogen-bond donors (Lipinski definition) is 1. The maximum absolute atomic E-state index is 5.86. The van der Waals surface area contributed by atoms with Gasteiger partial charge in [0.1, 0.15) is 0 Å². The Labute approximate surface area is 76.3 Å². The van der Waals surface area contributed by atoms with E-state index in [4.69, 9.17) is 5.73 Å². The van der Waals surface area contributed by atoms with Crippen molar-refractivity contribution in [2.45, 2.75) is 34.6 Å². The van der Waals surface area contributed by atoms with Crippen molar-refractivity contribution in [2.24, 2.45) is 17.6 Å². The monoisotopic (exact) mass is 167 g/mol. The molecule has 0 saturated heterocycles. The minimum absolute atomic E-state index is 0.571. The first-order chi connectivity index (χ1) is 5.50. The first-order valence-corrected chi connectivity index (χ1v) is 4.59. The van der Waals surface area contributed by atoms with Crippen molar-refractivity contribution >= 4 is 0 Å². The Morgan fingerprint density at radius 3 is 2.08 bits per heavy atom. The summed E-state index contributed by atoms with van der Waals surface area (Å²) in [6, 6.07) is 0. The van der Waals surface area contributed by atoms with E-state index in [0.717, 1.165) is 5.70 Å². The molecule has 1 nitrogen and oxygen atoms in total. The third-order valence-corrected chi connectivity index (χ3v) is 2.48. The van der Waals surface area contributed by atoms with Gasteiger partial charge in [-0.25, -0.2) is 0 Å². The van der Waals surface area contributed by atoms with Gasteiger partial charge in [-0.2, -0.15) is 0 Å². The largest absolute Gasteiger partial charge is 0.399 e. The van der Waals surface area contributed by atoms with Crippen LogP contribution in [0.5, 0.6) is 0 Å². The van der Waals surface area contributed by atoms with Gasteiger partial charge in [-0.1, -0.05) is 26.8 Å². The molecule has 12 heavy (non-hydrogen) atoms. The van der Waals surface area contributed by atoms with Gasteiger partial charge in [0.25, 0.3) is 0 Å². The summed E-state index contributed by atoms with van der Waals surface area (Å²) >= 11 is 0. The van der Waals surface area contributed by atoms with Crippen LogP contribution in [0.3, 0.4) is 0 Å². The third-order valence-electron chi connectivity index (χ3n) is 2.48. The molecule has 0 aliphatic carbocycles. The summed E-state index contributed by atoms with van der Waals surface area (Å²) in [5.41, 5.74) is 8.07. The molecule has 0 saturated carbocycles. The lowest BCUT2D eigenvalue weighted by atomic mass is 9.90. The highest BCUT2D eigenvalue weighted by atomic mass is 14.6. The van der Waals surface area contributed by atoms with Gasteiger partial charge < -0.3 is 5.73 Å². The number of allylic oxidation sites excluding steroid dienone is 3. The zero-order valence-corrected chi connectivity index (χ0v) is 8.89. The molecule has 1 heteroatoms. The van der Waals surface area contributed by atoms with Crippen LogP contribution in [-0.2, 0) is 0 Å². The van der Waals surface area contributed by atoms with Crippen LogP contribution in [0.25, 0.3) is 0 Å². The van der Waals surface area contributed by atoms with Gasteiger partial charge in [-0.15, -0.1) is 0 Å². The standard InChI is InChI=1S/C11H21N/c1-6-7-11(12)10(5)9(4)8(2)3/h6-9H,12H2,1-5H3/b7-6-,11-10-/t9-/m0/s1. The maximum Gasteiger partial charge on any atom is 0.0302 e. The van der Waals surface area contributed by atoms with E-state index in [1.807, 2.05) is 19.1 Å². The minimum atomic E-state index is 0.571. The lowest BCUT2D eigenvalue weighted by molar-refractivity contribution is 0.477. The van der Waals surface area contributed by atoms with Crippen LogP contribution in [-0.4, -0.2) is 0 Å². The highest BCUT2D eigenvalue weighted by molar-refractivity contribution is 5.22. The van der Waals surface area contributed by atoms with Crippen molar-refractivity contribution in [1.29, 1.82) is 0 Å². The molecule has 0 aromatic carbocycles. The van der Waals surface area contributed by atoms with Crippen LogP contribution < -0.4 is 5.73 Å². The van der Waals surface area contributed by atoms with Gasteiger partial charge in [0.05, 0.1) is 0 Å². The summed E-state index contributed by atoms with van der Waals surface area (Å²) in [6.07, 6.45) is 3.94. The topological polar surface area (TPSA) is 26.0 Å². The molecule has 0 aliphatic rings. The fourth-order valence-corrected chi connectivity index (χ4v) is 1.07. The van der Waals surface area contributed by atoms with Crippen LogP contribution in [0.4, 0.5) is 0 Å². The molecule has 0 rings (SSSR count). The van der Waals surface area contributed by atoms with E-state index in [9.17, 15) is 0 Å². The van der Waals surface area contributed by atoms with Crippen LogP contribution in [0.1, 0.15) is 34.6 Å². The zero-order valence-electron chi connectivity index (χ0n) is 8.89. The van der Waals surface area contributed by atoms with Crippen LogP contribution in [0.2, 0.25) is 0 Å². The summed E-state index contributed by atoms with van der Waals surface area (Å²) in [4.78, 5) is 0. The highest BCUT2D eigenvalue weighted by Gasteiger charge is 2.10. The SMILES string of the molecule is C/C=C\C(N)=C(/C)[C@@H](C)C(C)C. The van der Waals surface area contributed by atoms with Gasteiger partial charge in [-0.3, -0.25) is 0 Å². The average Bonchev–Trinajstić information content (AvgIpc) is 2.02. The Morgan fingerprint density at radius 1 is 1.25 bits per heavy atom. The summed E-state index contributed by atoms with van der Waals surface area (Å²) in [5, 5.41) is 0.